The molecule has 0 unspecified atom stereocenters. The number of hydrogen-bond acceptors (Lipinski definition) is 4. The van der Waals surface area contributed by atoms with Crippen molar-refractivity contribution < 1.29 is 24.0 Å². The Morgan fingerprint density at radius 2 is 1.86 bits per heavy atom. The highest BCUT2D eigenvalue weighted by molar-refractivity contribution is 5.81. The first-order valence-corrected chi connectivity index (χ1v) is 10.2. The Kier molecular flexibility index (Phi) is 7.25. The molecule has 1 fully saturated rings. The third-order valence-corrected chi connectivity index (χ3v) is 5.13. The fourth-order valence-corrected chi connectivity index (χ4v) is 3.57. The number of nitrogens with zero attached hydrogens (tertiary/aromatic N) is 1. The largest absolute Gasteiger partial charge is 0.490 e. The van der Waals surface area contributed by atoms with E-state index >= 15 is 0 Å². The van der Waals surface area contributed by atoms with Gasteiger partial charge in [0.1, 0.15) is 12.8 Å². The molecule has 0 radical (unpaired) electrons. The number of piperazine rings is 1. The molecule has 1 heterocycles. The highest BCUT2D eigenvalue weighted by Gasteiger charge is 2.28. The fraction of sp³-hybridized carbons (Fsp3) is 0.391. The lowest BCUT2D eigenvalue weighted by atomic mass is 10.2. The van der Waals surface area contributed by atoms with Crippen LogP contribution in [0.3, 0.4) is 0 Å². The van der Waals surface area contributed by atoms with E-state index in [1.54, 1.807) is 25.1 Å². The number of quaternary nitrogens is 1. The van der Waals surface area contributed by atoms with E-state index in [1.165, 1.54) is 10.5 Å². The maximum Gasteiger partial charge on any atom is 0.263 e. The van der Waals surface area contributed by atoms with Crippen molar-refractivity contribution in [2.24, 2.45) is 0 Å². The first-order valence-electron chi connectivity index (χ1n) is 10.2. The normalized spacial score (nSPS) is 15.6. The summed E-state index contributed by atoms with van der Waals surface area (Å²) in [6, 6.07) is 15.4. The number of aldehydes is 1. The summed E-state index contributed by atoms with van der Waals surface area (Å²) in [5.41, 5.74) is 1.83. The highest BCUT2D eigenvalue weighted by Crippen LogP contribution is 2.29. The summed E-state index contributed by atoms with van der Waals surface area (Å²) in [5.74, 6) is 0.936. The van der Waals surface area contributed by atoms with Crippen LogP contribution >= 0.6 is 0 Å². The van der Waals surface area contributed by atoms with Crippen molar-refractivity contribution in [3.8, 4) is 11.5 Å². The van der Waals surface area contributed by atoms with Crippen LogP contribution in [-0.2, 0) is 11.3 Å². The second kappa shape index (κ2) is 10.1. The number of hydrogen-bond donors (Lipinski definition) is 1. The zero-order chi connectivity index (χ0) is 20.6. The summed E-state index contributed by atoms with van der Waals surface area (Å²) in [6.07, 6.45) is 0.143. The molecule has 1 aliphatic heterocycles. The lowest BCUT2D eigenvalue weighted by Gasteiger charge is -2.33. The van der Waals surface area contributed by atoms with E-state index in [1.807, 2.05) is 17.9 Å². The predicted molar refractivity (Wildman–Crippen MR) is 111 cm³/mol. The first-order chi connectivity index (χ1) is 14.1. The van der Waals surface area contributed by atoms with Crippen LogP contribution in [0.5, 0.6) is 11.5 Å². The summed E-state index contributed by atoms with van der Waals surface area (Å²) < 4.78 is 11.5. The summed E-state index contributed by atoms with van der Waals surface area (Å²) in [4.78, 5) is 27.2. The van der Waals surface area contributed by atoms with Crippen LogP contribution in [0.25, 0.3) is 0 Å². The molecule has 6 nitrogen and oxygen atoms in total. The molecule has 1 saturated heterocycles. The molecule has 1 N–H and O–H groups in total. The van der Waals surface area contributed by atoms with Gasteiger partial charge in [0.15, 0.2) is 17.6 Å². The molecule has 2 aromatic rings. The van der Waals surface area contributed by atoms with Crippen LogP contribution in [0.1, 0.15) is 29.8 Å². The molecule has 1 atom stereocenters. The van der Waals surface area contributed by atoms with Crippen molar-refractivity contribution >= 4 is 12.2 Å². The van der Waals surface area contributed by atoms with Gasteiger partial charge in [-0.2, -0.15) is 0 Å². The summed E-state index contributed by atoms with van der Waals surface area (Å²) in [7, 11) is 0. The van der Waals surface area contributed by atoms with E-state index in [-0.39, 0.29) is 5.91 Å². The predicted octanol–water partition coefficient (Wildman–Crippen LogP) is 1.59. The SMILES string of the molecule is CCOc1cc(C=O)ccc1O[C@@H](C)C(=O)N1CC[NH+](Cc2ccccc2)CC1. The molecule has 1 aliphatic rings. The minimum Gasteiger partial charge on any atom is -0.490 e. The molecule has 0 spiro atoms. The Hall–Kier alpha value is -2.86. The Balaban J connectivity index is 1.55. The van der Waals surface area contributed by atoms with Crippen molar-refractivity contribution in [2.45, 2.75) is 26.5 Å². The van der Waals surface area contributed by atoms with Crippen molar-refractivity contribution in [3.05, 3.63) is 59.7 Å². The first kappa shape index (κ1) is 20.9. The highest BCUT2D eigenvalue weighted by atomic mass is 16.5. The Labute approximate surface area is 172 Å². The monoisotopic (exact) mass is 397 g/mol. The third kappa shape index (κ3) is 5.57. The van der Waals surface area contributed by atoms with Crippen molar-refractivity contribution in [2.75, 3.05) is 32.8 Å². The minimum absolute atomic E-state index is 0.0225. The third-order valence-electron chi connectivity index (χ3n) is 5.13. The zero-order valence-corrected chi connectivity index (χ0v) is 17.1. The maximum atomic E-state index is 12.9. The Morgan fingerprint density at radius 1 is 1.14 bits per heavy atom. The average Bonchev–Trinajstić information content (AvgIpc) is 2.76. The van der Waals surface area contributed by atoms with Gasteiger partial charge in [-0.15, -0.1) is 0 Å². The average molecular weight is 397 g/mol. The van der Waals surface area contributed by atoms with Crippen LogP contribution in [0.4, 0.5) is 0 Å². The zero-order valence-electron chi connectivity index (χ0n) is 17.1. The van der Waals surface area contributed by atoms with E-state index in [0.29, 0.717) is 23.7 Å². The van der Waals surface area contributed by atoms with E-state index in [4.69, 9.17) is 9.47 Å². The number of amides is 1. The number of carbonyl (C=O) groups excluding carboxylic acids is 2. The molecule has 0 aliphatic carbocycles. The molecule has 6 heteroatoms. The van der Waals surface area contributed by atoms with Gasteiger partial charge in [-0.05, 0) is 32.0 Å². The fourth-order valence-electron chi connectivity index (χ4n) is 3.57. The number of benzene rings is 2. The van der Waals surface area contributed by atoms with Gasteiger partial charge in [0.25, 0.3) is 5.91 Å². The minimum atomic E-state index is -0.619. The smallest absolute Gasteiger partial charge is 0.263 e. The van der Waals surface area contributed by atoms with Gasteiger partial charge in [-0.3, -0.25) is 9.59 Å². The van der Waals surface area contributed by atoms with Gasteiger partial charge in [0.05, 0.1) is 32.8 Å². The molecule has 2 aromatic carbocycles. The van der Waals surface area contributed by atoms with Gasteiger partial charge < -0.3 is 19.3 Å². The lowest BCUT2D eigenvalue weighted by molar-refractivity contribution is -0.917. The van der Waals surface area contributed by atoms with Crippen LogP contribution < -0.4 is 14.4 Å². The van der Waals surface area contributed by atoms with Crippen molar-refractivity contribution in [1.29, 1.82) is 0 Å². The number of ether oxygens (including phenoxy) is 2. The van der Waals surface area contributed by atoms with Crippen LogP contribution in [0.15, 0.2) is 48.5 Å². The van der Waals surface area contributed by atoms with Gasteiger partial charge in [-0.1, -0.05) is 30.3 Å². The molecule has 0 saturated carbocycles. The molecule has 3 rings (SSSR count). The summed E-state index contributed by atoms with van der Waals surface area (Å²) in [5, 5.41) is 0. The molecule has 29 heavy (non-hydrogen) atoms. The van der Waals surface area contributed by atoms with Crippen molar-refractivity contribution in [3.63, 3.8) is 0 Å². The topological polar surface area (TPSA) is 60.3 Å². The van der Waals surface area contributed by atoms with E-state index < -0.39 is 6.10 Å². The van der Waals surface area contributed by atoms with Gasteiger partial charge in [-0.25, -0.2) is 0 Å². The van der Waals surface area contributed by atoms with E-state index in [9.17, 15) is 9.59 Å². The lowest BCUT2D eigenvalue weighted by Crippen LogP contribution is -3.13. The van der Waals surface area contributed by atoms with Crippen molar-refractivity contribution in [1.82, 2.24) is 4.90 Å². The Morgan fingerprint density at radius 3 is 2.52 bits per heavy atom. The molecule has 154 valence electrons. The van der Waals surface area contributed by atoms with E-state index in [2.05, 4.69) is 24.3 Å². The van der Waals surface area contributed by atoms with Gasteiger partial charge in [0, 0.05) is 11.1 Å². The van der Waals surface area contributed by atoms with Crippen LogP contribution in [-0.4, -0.2) is 56.0 Å². The quantitative estimate of drug-likeness (QED) is 0.688. The molecule has 0 aromatic heterocycles. The van der Waals surface area contributed by atoms with Gasteiger partial charge in [0.2, 0.25) is 0 Å². The molecular formula is C23H29N2O4+. The van der Waals surface area contributed by atoms with Crippen LogP contribution in [0.2, 0.25) is 0 Å². The Bertz CT molecular complexity index is 817. The summed E-state index contributed by atoms with van der Waals surface area (Å²) >= 11 is 0. The number of carbonyl (C=O) groups is 2. The standard InChI is InChI=1S/C23H28N2O4/c1-3-28-22-15-20(17-26)9-10-21(22)29-18(2)23(27)25-13-11-24(12-14-25)16-19-7-5-4-6-8-19/h4-10,15,17-18H,3,11-14,16H2,1-2H3/p+1/t18-/m0/s1. The summed E-state index contributed by atoms with van der Waals surface area (Å²) in [6.45, 7) is 8.34. The van der Waals surface area contributed by atoms with Gasteiger partial charge >= 0.3 is 0 Å². The maximum absolute atomic E-state index is 12.9. The molecular weight excluding hydrogens is 368 g/mol. The number of nitrogens with one attached hydrogen (secondary N) is 1. The molecule has 1 amide bonds. The number of rotatable bonds is 8. The van der Waals surface area contributed by atoms with Crippen LogP contribution in [0, 0.1) is 0 Å². The second-order valence-electron chi connectivity index (χ2n) is 7.25. The molecule has 0 bridgehead atoms. The van der Waals surface area contributed by atoms with E-state index in [0.717, 1.165) is 39.0 Å². The second-order valence-corrected chi connectivity index (χ2v) is 7.25.